The van der Waals surface area contributed by atoms with Crippen LogP contribution in [-0.2, 0) is 26.3 Å². The number of hydrogen-bond donors (Lipinski definition) is 3. The Balaban J connectivity index is 1.41. The molecular formula is C31H31ClN4O6. The van der Waals surface area contributed by atoms with Gasteiger partial charge in [0.15, 0.2) is 5.60 Å². The highest BCUT2D eigenvalue weighted by Gasteiger charge is 2.46. The summed E-state index contributed by atoms with van der Waals surface area (Å²) >= 11 is 6.33. The minimum absolute atomic E-state index is 0.127. The van der Waals surface area contributed by atoms with Gasteiger partial charge in [0.25, 0.3) is 5.91 Å². The van der Waals surface area contributed by atoms with Gasteiger partial charge in [0.1, 0.15) is 6.04 Å². The highest BCUT2D eigenvalue weighted by Crippen LogP contribution is 2.43. The average Bonchev–Trinajstić information content (AvgIpc) is 3.20. The smallest absolute Gasteiger partial charge is 0.412 e. The molecule has 3 aromatic rings. The predicted molar refractivity (Wildman–Crippen MR) is 158 cm³/mol. The first-order valence-electron chi connectivity index (χ1n) is 13.6. The number of fused-ring (bicyclic) bond motifs is 2. The van der Waals surface area contributed by atoms with Crippen molar-refractivity contribution in [3.05, 3.63) is 94.5 Å². The summed E-state index contributed by atoms with van der Waals surface area (Å²) in [5.74, 6) is -0.723. The van der Waals surface area contributed by atoms with Crippen LogP contribution >= 0.6 is 11.6 Å². The van der Waals surface area contributed by atoms with E-state index in [-0.39, 0.29) is 18.9 Å². The van der Waals surface area contributed by atoms with E-state index in [2.05, 4.69) is 20.7 Å². The van der Waals surface area contributed by atoms with Crippen molar-refractivity contribution in [2.24, 2.45) is 0 Å². The van der Waals surface area contributed by atoms with Crippen LogP contribution in [0.3, 0.4) is 0 Å². The van der Waals surface area contributed by atoms with Crippen LogP contribution in [0.4, 0.5) is 21.0 Å². The first-order chi connectivity index (χ1) is 20.3. The fourth-order valence-electron chi connectivity index (χ4n) is 5.43. The number of carbonyl (C=O) groups excluding carboxylic acids is 4. The number of halogens is 1. The molecule has 2 aliphatic heterocycles. The fraction of sp³-hybridized carbons (Fsp3) is 0.290. The van der Waals surface area contributed by atoms with E-state index in [0.717, 1.165) is 17.5 Å². The third kappa shape index (κ3) is 6.49. The number of anilines is 2. The lowest BCUT2D eigenvalue weighted by Crippen LogP contribution is -2.54. The number of carbonyl (C=O) groups is 4. The quantitative estimate of drug-likeness (QED) is 0.356. The maximum atomic E-state index is 14.2. The van der Waals surface area contributed by atoms with E-state index in [1.54, 1.807) is 47.4 Å². The number of hydrogen-bond acceptors (Lipinski definition) is 6. The molecule has 2 atom stereocenters. The Labute approximate surface area is 248 Å². The second kappa shape index (κ2) is 12.5. The number of likely N-dealkylation sites (tertiary alicyclic amines) is 1. The topological polar surface area (TPSA) is 126 Å². The molecule has 4 amide bonds. The lowest BCUT2D eigenvalue weighted by Gasteiger charge is -2.40. The van der Waals surface area contributed by atoms with Crippen LogP contribution in [0, 0.1) is 0 Å². The van der Waals surface area contributed by atoms with Gasteiger partial charge in [-0.25, -0.2) is 9.59 Å². The Morgan fingerprint density at radius 2 is 1.83 bits per heavy atom. The molecule has 2 heterocycles. The standard InChI is InChI=1S/C31H31ClN4O6/c1-41-29(39)33-23-12-9-21(10-13-23)27(37)34-26(17-20-7-3-2-4-8-20)28(38)36-16-6-5-15-31(19-36)24-18-22(32)11-14-25(24)35-30(40)42-31/h2-4,7-14,18,26H,5-6,15-17,19H2,1H3,(H,33,39)(H,34,37)(H,35,40)/t26-,31?/m0/s1. The number of ether oxygens (including phenoxy) is 2. The normalized spacial score (nSPS) is 18.5. The molecule has 1 unspecified atom stereocenters. The number of amides is 4. The fourth-order valence-corrected chi connectivity index (χ4v) is 5.60. The first-order valence-corrected chi connectivity index (χ1v) is 14.0. The van der Waals surface area contributed by atoms with Crippen LogP contribution in [0.2, 0.25) is 5.02 Å². The van der Waals surface area contributed by atoms with Gasteiger partial charge in [-0.2, -0.15) is 0 Å². The lowest BCUT2D eigenvalue weighted by atomic mass is 9.86. The Kier molecular flexibility index (Phi) is 8.63. The van der Waals surface area contributed by atoms with Crippen LogP contribution in [0.25, 0.3) is 0 Å². The molecule has 5 rings (SSSR count). The Bertz CT molecular complexity index is 1480. The van der Waals surface area contributed by atoms with Gasteiger partial charge in [0.2, 0.25) is 5.91 Å². The minimum Gasteiger partial charge on any atom is -0.453 e. The van der Waals surface area contributed by atoms with Gasteiger partial charge in [-0.15, -0.1) is 0 Å². The van der Waals surface area contributed by atoms with Crippen molar-refractivity contribution >= 4 is 47.0 Å². The highest BCUT2D eigenvalue weighted by atomic mass is 35.5. The van der Waals surface area contributed by atoms with Crippen molar-refractivity contribution in [2.45, 2.75) is 37.3 Å². The largest absolute Gasteiger partial charge is 0.453 e. The van der Waals surface area contributed by atoms with Crippen LogP contribution in [0.1, 0.15) is 40.7 Å². The molecular weight excluding hydrogens is 560 g/mol. The minimum atomic E-state index is -1.07. The third-order valence-corrected chi connectivity index (χ3v) is 7.71. The molecule has 1 fully saturated rings. The van der Waals surface area contributed by atoms with E-state index in [9.17, 15) is 19.2 Å². The van der Waals surface area contributed by atoms with Gasteiger partial charge in [-0.1, -0.05) is 41.9 Å². The average molecular weight is 591 g/mol. The maximum Gasteiger partial charge on any atom is 0.412 e. The van der Waals surface area contributed by atoms with Crippen LogP contribution in [-0.4, -0.2) is 55.1 Å². The second-order valence-electron chi connectivity index (χ2n) is 10.3. The van der Waals surface area contributed by atoms with Gasteiger partial charge in [-0.05, 0) is 67.3 Å². The number of methoxy groups -OCH3 is 1. The van der Waals surface area contributed by atoms with E-state index >= 15 is 0 Å². The van der Waals surface area contributed by atoms with Crippen molar-refractivity contribution in [3.8, 4) is 0 Å². The number of nitrogens with zero attached hydrogens (tertiary/aromatic N) is 1. The first kappa shape index (κ1) is 28.9. The summed E-state index contributed by atoms with van der Waals surface area (Å²) in [5, 5.41) is 8.68. The maximum absolute atomic E-state index is 14.2. The molecule has 0 bridgehead atoms. The van der Waals surface area contributed by atoms with E-state index in [4.69, 9.17) is 16.3 Å². The van der Waals surface area contributed by atoms with E-state index in [0.29, 0.717) is 41.3 Å². The van der Waals surface area contributed by atoms with Crippen molar-refractivity contribution in [2.75, 3.05) is 30.8 Å². The molecule has 0 radical (unpaired) electrons. The van der Waals surface area contributed by atoms with Crippen LogP contribution in [0.5, 0.6) is 0 Å². The second-order valence-corrected chi connectivity index (χ2v) is 10.8. The summed E-state index contributed by atoms with van der Waals surface area (Å²) in [4.78, 5) is 53.3. The zero-order valence-electron chi connectivity index (χ0n) is 23.0. The van der Waals surface area contributed by atoms with Crippen molar-refractivity contribution in [1.29, 1.82) is 0 Å². The summed E-state index contributed by atoms with van der Waals surface area (Å²) in [7, 11) is 1.26. The monoisotopic (exact) mass is 590 g/mol. The SMILES string of the molecule is COC(=O)Nc1ccc(C(=O)N[C@@H](Cc2ccccc2)C(=O)N2CCCCC3(C2)OC(=O)Nc2ccc(Cl)cc23)cc1. The summed E-state index contributed by atoms with van der Waals surface area (Å²) in [5.41, 5.74) is 1.91. The lowest BCUT2D eigenvalue weighted by molar-refractivity contribution is -0.136. The summed E-state index contributed by atoms with van der Waals surface area (Å²) < 4.78 is 10.5. The van der Waals surface area contributed by atoms with E-state index < -0.39 is 29.7 Å². The summed E-state index contributed by atoms with van der Waals surface area (Å²) in [6, 6.07) is 20.0. The van der Waals surface area contributed by atoms with Crippen LogP contribution < -0.4 is 16.0 Å². The molecule has 3 N–H and O–H groups in total. The number of rotatable bonds is 6. The van der Waals surface area contributed by atoms with E-state index in [1.807, 2.05) is 30.3 Å². The summed E-state index contributed by atoms with van der Waals surface area (Å²) in [6.45, 7) is 0.568. The van der Waals surface area contributed by atoms with E-state index in [1.165, 1.54) is 7.11 Å². The third-order valence-electron chi connectivity index (χ3n) is 7.48. The highest BCUT2D eigenvalue weighted by molar-refractivity contribution is 6.30. The molecule has 218 valence electrons. The predicted octanol–water partition coefficient (Wildman–Crippen LogP) is 5.33. The Morgan fingerprint density at radius 3 is 2.57 bits per heavy atom. The number of benzene rings is 3. The molecule has 42 heavy (non-hydrogen) atoms. The molecule has 11 heteroatoms. The molecule has 2 aliphatic rings. The molecule has 10 nitrogen and oxygen atoms in total. The van der Waals surface area contributed by atoms with Crippen molar-refractivity contribution in [3.63, 3.8) is 0 Å². The van der Waals surface area contributed by atoms with Gasteiger partial charge >= 0.3 is 12.2 Å². The van der Waals surface area contributed by atoms with Gasteiger partial charge in [0.05, 0.1) is 19.3 Å². The van der Waals surface area contributed by atoms with Crippen molar-refractivity contribution in [1.82, 2.24) is 10.2 Å². The molecule has 1 saturated heterocycles. The number of nitrogens with one attached hydrogen (secondary N) is 3. The van der Waals surface area contributed by atoms with Gasteiger partial charge in [-0.3, -0.25) is 20.2 Å². The molecule has 1 spiro atoms. The zero-order valence-corrected chi connectivity index (χ0v) is 23.8. The van der Waals surface area contributed by atoms with Crippen LogP contribution in [0.15, 0.2) is 72.8 Å². The van der Waals surface area contributed by atoms with Crippen molar-refractivity contribution < 1.29 is 28.7 Å². The summed E-state index contributed by atoms with van der Waals surface area (Å²) in [6.07, 6.45) is 1.01. The molecule has 0 saturated carbocycles. The molecule has 3 aromatic carbocycles. The Morgan fingerprint density at radius 1 is 1.07 bits per heavy atom. The van der Waals surface area contributed by atoms with Gasteiger partial charge in [0, 0.05) is 34.8 Å². The molecule has 0 aromatic heterocycles. The van der Waals surface area contributed by atoms with Gasteiger partial charge < -0.3 is 19.7 Å². The zero-order chi connectivity index (χ0) is 29.7. The Hall–Kier alpha value is -4.57. The molecule has 0 aliphatic carbocycles.